The molecule has 3 aromatic heterocycles. The first-order valence-corrected chi connectivity index (χ1v) is 7.12. The molecule has 22 heavy (non-hydrogen) atoms. The Morgan fingerprint density at radius 1 is 1.36 bits per heavy atom. The lowest BCUT2D eigenvalue weighted by Gasteiger charge is -2.12. The molecule has 114 valence electrons. The van der Waals surface area contributed by atoms with Crippen LogP contribution in [0.2, 0.25) is 0 Å². The molecule has 0 saturated carbocycles. The molecular formula is C15H18N6O. The summed E-state index contributed by atoms with van der Waals surface area (Å²) in [5.41, 5.74) is 3.00. The van der Waals surface area contributed by atoms with Gasteiger partial charge in [-0.25, -0.2) is 9.50 Å². The molecule has 1 amide bonds. The Hall–Kier alpha value is -2.70. The average Bonchev–Trinajstić information content (AvgIpc) is 3.04. The third-order valence-electron chi connectivity index (χ3n) is 3.43. The van der Waals surface area contributed by atoms with Crippen molar-refractivity contribution in [3.8, 4) is 0 Å². The highest BCUT2D eigenvalue weighted by Gasteiger charge is 2.16. The molecule has 1 N–H and O–H groups in total. The predicted molar refractivity (Wildman–Crippen MR) is 81.6 cm³/mol. The van der Waals surface area contributed by atoms with Crippen molar-refractivity contribution in [3.05, 3.63) is 47.7 Å². The molecule has 0 bridgehead atoms. The van der Waals surface area contributed by atoms with E-state index in [0.29, 0.717) is 11.2 Å². The van der Waals surface area contributed by atoms with E-state index in [9.17, 15) is 4.79 Å². The fourth-order valence-electron chi connectivity index (χ4n) is 2.40. The first kappa shape index (κ1) is 14.2. The van der Waals surface area contributed by atoms with Crippen LogP contribution >= 0.6 is 0 Å². The zero-order valence-corrected chi connectivity index (χ0v) is 12.8. The fraction of sp³-hybridized carbons (Fsp3) is 0.333. The summed E-state index contributed by atoms with van der Waals surface area (Å²) in [6.07, 6.45) is 7.83. The highest BCUT2D eigenvalue weighted by molar-refractivity contribution is 5.99. The summed E-state index contributed by atoms with van der Waals surface area (Å²) in [5, 5.41) is 11.3. The smallest absolute Gasteiger partial charge is 0.256 e. The summed E-state index contributed by atoms with van der Waals surface area (Å²) in [6.45, 7) is 3.86. The van der Waals surface area contributed by atoms with Crippen molar-refractivity contribution in [2.75, 3.05) is 0 Å². The highest BCUT2D eigenvalue weighted by Crippen LogP contribution is 2.09. The SMILES string of the molecule is Cc1ccn2ncc(C(=O)NC(C)Cc3cnn(C)c3)c2n1. The summed E-state index contributed by atoms with van der Waals surface area (Å²) in [6, 6.07) is 1.85. The van der Waals surface area contributed by atoms with Crippen LogP contribution in [0.1, 0.15) is 28.5 Å². The lowest BCUT2D eigenvalue weighted by molar-refractivity contribution is 0.0941. The Morgan fingerprint density at radius 3 is 2.91 bits per heavy atom. The van der Waals surface area contributed by atoms with Gasteiger partial charge in [-0.15, -0.1) is 0 Å². The van der Waals surface area contributed by atoms with Crippen LogP contribution in [0.25, 0.3) is 5.65 Å². The number of rotatable bonds is 4. The van der Waals surface area contributed by atoms with Crippen LogP contribution in [-0.2, 0) is 13.5 Å². The van der Waals surface area contributed by atoms with E-state index in [1.807, 2.05) is 39.4 Å². The third-order valence-corrected chi connectivity index (χ3v) is 3.43. The standard InChI is InChI=1S/C15H18N6O/c1-10-4-5-21-14(18-10)13(8-17-21)15(22)19-11(2)6-12-7-16-20(3)9-12/h4-5,7-9,11H,6H2,1-3H3,(H,19,22). The van der Waals surface area contributed by atoms with E-state index in [1.165, 1.54) is 0 Å². The number of amides is 1. The Bertz CT molecular complexity index is 818. The van der Waals surface area contributed by atoms with Crippen molar-refractivity contribution >= 4 is 11.6 Å². The van der Waals surface area contributed by atoms with Crippen LogP contribution in [0.15, 0.2) is 30.9 Å². The van der Waals surface area contributed by atoms with Crippen LogP contribution in [0.3, 0.4) is 0 Å². The Morgan fingerprint density at radius 2 is 2.18 bits per heavy atom. The van der Waals surface area contributed by atoms with Crippen molar-refractivity contribution in [2.24, 2.45) is 7.05 Å². The first-order valence-electron chi connectivity index (χ1n) is 7.12. The highest BCUT2D eigenvalue weighted by atomic mass is 16.1. The summed E-state index contributed by atoms with van der Waals surface area (Å²) in [7, 11) is 1.87. The van der Waals surface area contributed by atoms with Crippen LogP contribution < -0.4 is 5.32 Å². The lowest BCUT2D eigenvalue weighted by Crippen LogP contribution is -2.34. The number of carbonyl (C=O) groups excluding carboxylic acids is 1. The van der Waals surface area contributed by atoms with Crippen LogP contribution in [0.5, 0.6) is 0 Å². The van der Waals surface area contributed by atoms with Gasteiger partial charge in [0.1, 0.15) is 5.56 Å². The summed E-state index contributed by atoms with van der Waals surface area (Å²) >= 11 is 0. The molecule has 3 aromatic rings. The van der Waals surface area contributed by atoms with Gasteiger partial charge in [0.15, 0.2) is 5.65 Å². The molecule has 0 fully saturated rings. The zero-order valence-electron chi connectivity index (χ0n) is 12.8. The molecule has 0 aliphatic rings. The lowest BCUT2D eigenvalue weighted by atomic mass is 10.1. The Kier molecular flexibility index (Phi) is 3.62. The van der Waals surface area contributed by atoms with Gasteiger partial charge in [0.05, 0.1) is 12.4 Å². The van der Waals surface area contributed by atoms with E-state index in [0.717, 1.165) is 17.7 Å². The normalized spacial score (nSPS) is 12.5. The van der Waals surface area contributed by atoms with Gasteiger partial charge in [-0.05, 0) is 31.9 Å². The summed E-state index contributed by atoms with van der Waals surface area (Å²) in [5.74, 6) is -0.163. The number of nitrogens with one attached hydrogen (secondary N) is 1. The van der Waals surface area contributed by atoms with E-state index in [-0.39, 0.29) is 11.9 Å². The van der Waals surface area contributed by atoms with Crippen LogP contribution in [0.4, 0.5) is 0 Å². The van der Waals surface area contributed by atoms with E-state index >= 15 is 0 Å². The monoisotopic (exact) mass is 298 g/mol. The van der Waals surface area contributed by atoms with Gasteiger partial charge in [-0.1, -0.05) is 0 Å². The molecule has 3 heterocycles. The fourth-order valence-corrected chi connectivity index (χ4v) is 2.40. The van der Waals surface area contributed by atoms with Gasteiger partial charge >= 0.3 is 0 Å². The average molecular weight is 298 g/mol. The molecule has 0 saturated heterocycles. The number of fused-ring (bicyclic) bond motifs is 1. The quantitative estimate of drug-likeness (QED) is 0.783. The molecule has 7 heteroatoms. The predicted octanol–water partition coefficient (Wildman–Crippen LogP) is 1.13. The van der Waals surface area contributed by atoms with Crippen molar-refractivity contribution in [1.82, 2.24) is 29.7 Å². The molecule has 0 aliphatic carbocycles. The largest absolute Gasteiger partial charge is 0.349 e. The van der Waals surface area contributed by atoms with Crippen molar-refractivity contribution in [2.45, 2.75) is 26.3 Å². The molecule has 1 atom stereocenters. The van der Waals surface area contributed by atoms with Gasteiger partial charge in [0.2, 0.25) is 0 Å². The Labute approximate surface area is 128 Å². The number of nitrogens with zero attached hydrogens (tertiary/aromatic N) is 5. The van der Waals surface area contributed by atoms with Crippen molar-refractivity contribution in [1.29, 1.82) is 0 Å². The number of hydrogen-bond acceptors (Lipinski definition) is 4. The molecule has 0 radical (unpaired) electrons. The van der Waals surface area contributed by atoms with Crippen LogP contribution in [0, 0.1) is 6.92 Å². The number of hydrogen-bond donors (Lipinski definition) is 1. The minimum atomic E-state index is -0.163. The summed E-state index contributed by atoms with van der Waals surface area (Å²) in [4.78, 5) is 16.8. The molecule has 7 nitrogen and oxygen atoms in total. The summed E-state index contributed by atoms with van der Waals surface area (Å²) < 4.78 is 3.36. The maximum Gasteiger partial charge on any atom is 0.256 e. The maximum absolute atomic E-state index is 12.4. The van der Waals surface area contributed by atoms with Gasteiger partial charge in [0.25, 0.3) is 5.91 Å². The molecular weight excluding hydrogens is 280 g/mol. The minimum absolute atomic E-state index is 0.00328. The second-order valence-electron chi connectivity index (χ2n) is 5.50. The molecule has 0 spiro atoms. The third kappa shape index (κ3) is 2.83. The topological polar surface area (TPSA) is 77.1 Å². The van der Waals surface area contributed by atoms with Crippen LogP contribution in [-0.4, -0.2) is 36.3 Å². The Balaban J connectivity index is 1.74. The van der Waals surface area contributed by atoms with E-state index in [1.54, 1.807) is 21.6 Å². The van der Waals surface area contributed by atoms with Gasteiger partial charge in [-0.2, -0.15) is 10.2 Å². The molecule has 0 aromatic carbocycles. The van der Waals surface area contributed by atoms with E-state index in [4.69, 9.17) is 0 Å². The molecule has 0 aliphatic heterocycles. The van der Waals surface area contributed by atoms with Crippen molar-refractivity contribution in [3.63, 3.8) is 0 Å². The van der Waals surface area contributed by atoms with Gasteiger partial charge in [-0.3, -0.25) is 9.48 Å². The van der Waals surface area contributed by atoms with E-state index in [2.05, 4.69) is 20.5 Å². The minimum Gasteiger partial charge on any atom is -0.349 e. The number of aromatic nitrogens is 5. The van der Waals surface area contributed by atoms with E-state index < -0.39 is 0 Å². The van der Waals surface area contributed by atoms with Crippen molar-refractivity contribution < 1.29 is 4.79 Å². The van der Waals surface area contributed by atoms with Gasteiger partial charge < -0.3 is 5.32 Å². The second-order valence-corrected chi connectivity index (χ2v) is 5.50. The zero-order chi connectivity index (χ0) is 15.7. The maximum atomic E-state index is 12.4. The molecule has 3 rings (SSSR count). The first-order chi connectivity index (χ1) is 10.5. The number of carbonyl (C=O) groups is 1. The van der Waals surface area contributed by atoms with Gasteiger partial charge in [0, 0.05) is 31.2 Å². The second kappa shape index (κ2) is 5.59. The number of aryl methyl sites for hydroxylation is 2. The molecule has 1 unspecified atom stereocenters.